The van der Waals surface area contributed by atoms with Crippen molar-refractivity contribution >= 4 is 17.3 Å². The van der Waals surface area contributed by atoms with Crippen LogP contribution in [-0.2, 0) is 6.54 Å². The fourth-order valence-corrected chi connectivity index (χ4v) is 6.07. The lowest BCUT2D eigenvalue weighted by molar-refractivity contribution is -0.0101. The summed E-state index contributed by atoms with van der Waals surface area (Å²) >= 11 is 5.61. The van der Waals surface area contributed by atoms with Gasteiger partial charge in [0.1, 0.15) is 0 Å². The fraction of sp³-hybridized carbons (Fsp3) is 0.632. The van der Waals surface area contributed by atoms with E-state index in [1.807, 2.05) is 12.1 Å². The van der Waals surface area contributed by atoms with Crippen LogP contribution in [-0.4, -0.2) is 17.4 Å². The Kier molecular flexibility index (Phi) is 3.40. The number of fused-ring (bicyclic) bond motifs is 1. The maximum absolute atomic E-state index is 5.61. The number of nitrogens with one attached hydrogen (secondary N) is 2. The smallest absolute Gasteiger partial charge is 0.231 e. The third kappa shape index (κ3) is 2.63. The summed E-state index contributed by atoms with van der Waals surface area (Å²) in [5.74, 6) is 4.45. The van der Waals surface area contributed by atoms with Gasteiger partial charge >= 0.3 is 0 Å². The number of thiocarbonyl (C=S) groups is 1. The lowest BCUT2D eigenvalue weighted by atomic mass is 9.53. The number of hydrogen-bond donors (Lipinski definition) is 2. The maximum atomic E-state index is 5.61. The summed E-state index contributed by atoms with van der Waals surface area (Å²) in [4.78, 5) is 0. The lowest BCUT2D eigenvalue weighted by Crippen LogP contribution is -2.61. The van der Waals surface area contributed by atoms with Crippen LogP contribution in [0.15, 0.2) is 18.2 Å². The molecule has 0 spiro atoms. The Labute approximate surface area is 148 Å². The van der Waals surface area contributed by atoms with Crippen molar-refractivity contribution in [3.8, 4) is 11.5 Å². The highest BCUT2D eigenvalue weighted by molar-refractivity contribution is 7.80. The summed E-state index contributed by atoms with van der Waals surface area (Å²) in [6.07, 6.45) is 8.30. The van der Waals surface area contributed by atoms with Crippen LogP contribution in [0.3, 0.4) is 0 Å². The van der Waals surface area contributed by atoms with Gasteiger partial charge in [0.25, 0.3) is 0 Å². The second-order valence-corrected chi connectivity index (χ2v) is 8.60. The van der Waals surface area contributed by atoms with Gasteiger partial charge in [-0.05, 0) is 86.2 Å². The molecule has 0 atom stereocenters. The SMILES string of the molecule is S=C(NCc1ccc2c(c1)OCO2)NC12CC3CC(CC(C3)C1)C2. The Morgan fingerprint density at radius 1 is 1.04 bits per heavy atom. The molecule has 1 aromatic carbocycles. The van der Waals surface area contributed by atoms with Crippen LogP contribution < -0.4 is 20.1 Å². The summed E-state index contributed by atoms with van der Waals surface area (Å²) in [5, 5.41) is 7.90. The zero-order valence-electron chi connectivity index (χ0n) is 13.8. The number of benzene rings is 1. The van der Waals surface area contributed by atoms with Crippen LogP contribution in [0.5, 0.6) is 11.5 Å². The van der Waals surface area contributed by atoms with Gasteiger partial charge in [0.15, 0.2) is 16.6 Å². The molecule has 6 rings (SSSR count). The van der Waals surface area contributed by atoms with Gasteiger partial charge in [0.2, 0.25) is 6.79 Å². The van der Waals surface area contributed by atoms with Crippen molar-refractivity contribution in [3.05, 3.63) is 23.8 Å². The highest BCUT2D eigenvalue weighted by atomic mass is 32.1. The van der Waals surface area contributed by atoms with E-state index in [1.165, 1.54) is 38.5 Å². The van der Waals surface area contributed by atoms with Crippen LogP contribution in [0, 0.1) is 17.8 Å². The molecule has 24 heavy (non-hydrogen) atoms. The van der Waals surface area contributed by atoms with Gasteiger partial charge in [-0.1, -0.05) is 6.07 Å². The predicted molar refractivity (Wildman–Crippen MR) is 96.0 cm³/mol. The zero-order chi connectivity index (χ0) is 16.1. The molecule has 0 aromatic heterocycles. The molecular weight excluding hydrogens is 320 g/mol. The van der Waals surface area contributed by atoms with Crippen molar-refractivity contribution in [1.82, 2.24) is 10.6 Å². The van der Waals surface area contributed by atoms with E-state index in [1.54, 1.807) is 0 Å². The molecule has 1 aromatic rings. The van der Waals surface area contributed by atoms with Gasteiger partial charge in [-0.2, -0.15) is 0 Å². The van der Waals surface area contributed by atoms with Gasteiger partial charge in [0.05, 0.1) is 0 Å². The minimum atomic E-state index is 0.272. The van der Waals surface area contributed by atoms with E-state index in [0.29, 0.717) is 6.79 Å². The summed E-state index contributed by atoms with van der Waals surface area (Å²) in [5.41, 5.74) is 1.43. The first kappa shape index (κ1) is 14.8. The van der Waals surface area contributed by atoms with E-state index in [-0.39, 0.29) is 5.54 Å². The average Bonchev–Trinajstić information content (AvgIpc) is 2.98. The molecule has 5 heteroatoms. The predicted octanol–water partition coefficient (Wildman–Crippen LogP) is 3.35. The molecular formula is C19H24N2O2S. The lowest BCUT2D eigenvalue weighted by Gasteiger charge is -2.57. The maximum Gasteiger partial charge on any atom is 0.231 e. The highest BCUT2D eigenvalue weighted by Crippen LogP contribution is 2.55. The molecule has 4 saturated carbocycles. The van der Waals surface area contributed by atoms with Crippen molar-refractivity contribution in [2.24, 2.45) is 17.8 Å². The van der Waals surface area contributed by atoms with E-state index < -0.39 is 0 Å². The topological polar surface area (TPSA) is 42.5 Å². The minimum Gasteiger partial charge on any atom is -0.454 e. The minimum absolute atomic E-state index is 0.272. The first-order valence-corrected chi connectivity index (χ1v) is 9.53. The fourth-order valence-electron chi connectivity index (χ4n) is 5.78. The summed E-state index contributed by atoms with van der Waals surface area (Å²) < 4.78 is 10.8. The van der Waals surface area contributed by atoms with E-state index in [2.05, 4.69) is 16.7 Å². The molecule has 0 saturated heterocycles. The standard InChI is InChI=1S/C19H24N2O2S/c24-18(20-10-12-1-2-16-17(6-12)23-11-22-16)21-19-7-13-3-14(8-19)5-15(4-13)9-19/h1-2,6,13-15H,3-5,7-11H2,(H2,20,21,24). The second-order valence-electron chi connectivity index (χ2n) is 8.19. The third-order valence-corrected chi connectivity index (χ3v) is 6.55. The largest absolute Gasteiger partial charge is 0.454 e. The van der Waals surface area contributed by atoms with Crippen molar-refractivity contribution in [2.75, 3.05) is 6.79 Å². The van der Waals surface area contributed by atoms with Crippen molar-refractivity contribution in [3.63, 3.8) is 0 Å². The van der Waals surface area contributed by atoms with Gasteiger partial charge in [-0.15, -0.1) is 0 Å². The Bertz CT molecular complexity index is 640. The molecule has 0 radical (unpaired) electrons. The molecule has 1 heterocycles. The van der Waals surface area contributed by atoms with Crippen LogP contribution in [0.25, 0.3) is 0 Å². The van der Waals surface area contributed by atoms with Crippen molar-refractivity contribution < 1.29 is 9.47 Å². The summed E-state index contributed by atoms with van der Waals surface area (Å²) in [7, 11) is 0. The van der Waals surface area contributed by atoms with Crippen LogP contribution in [0.4, 0.5) is 0 Å². The van der Waals surface area contributed by atoms with Gasteiger partial charge < -0.3 is 20.1 Å². The molecule has 4 bridgehead atoms. The molecule has 2 N–H and O–H groups in total. The Hall–Kier alpha value is -1.49. The molecule has 0 unspecified atom stereocenters. The van der Waals surface area contributed by atoms with Crippen LogP contribution in [0.2, 0.25) is 0 Å². The number of ether oxygens (including phenoxy) is 2. The number of hydrogen-bond acceptors (Lipinski definition) is 3. The van der Waals surface area contributed by atoms with Crippen molar-refractivity contribution in [2.45, 2.75) is 50.6 Å². The third-order valence-electron chi connectivity index (χ3n) is 6.31. The van der Waals surface area contributed by atoms with E-state index in [0.717, 1.165) is 46.5 Å². The van der Waals surface area contributed by atoms with Crippen molar-refractivity contribution in [1.29, 1.82) is 0 Å². The molecule has 128 valence electrons. The zero-order valence-corrected chi connectivity index (χ0v) is 14.7. The molecule has 5 aliphatic rings. The molecule has 0 amide bonds. The first-order valence-electron chi connectivity index (χ1n) is 9.12. The molecule has 4 nitrogen and oxygen atoms in total. The molecule has 4 fully saturated rings. The average molecular weight is 344 g/mol. The van der Waals surface area contributed by atoms with Gasteiger partial charge in [-0.3, -0.25) is 0 Å². The van der Waals surface area contributed by atoms with E-state index in [9.17, 15) is 0 Å². The molecule has 4 aliphatic carbocycles. The van der Waals surface area contributed by atoms with Crippen LogP contribution >= 0.6 is 12.2 Å². The highest BCUT2D eigenvalue weighted by Gasteiger charge is 2.51. The quantitative estimate of drug-likeness (QED) is 0.823. The summed E-state index contributed by atoms with van der Waals surface area (Å²) in [6.45, 7) is 1.03. The second kappa shape index (κ2) is 5.51. The van der Waals surface area contributed by atoms with Gasteiger partial charge in [0, 0.05) is 12.1 Å². The van der Waals surface area contributed by atoms with E-state index >= 15 is 0 Å². The Balaban J connectivity index is 1.21. The van der Waals surface area contributed by atoms with Gasteiger partial charge in [-0.25, -0.2) is 0 Å². The van der Waals surface area contributed by atoms with E-state index in [4.69, 9.17) is 21.7 Å². The first-order chi connectivity index (χ1) is 11.7. The number of rotatable bonds is 3. The Morgan fingerprint density at radius 3 is 2.42 bits per heavy atom. The monoisotopic (exact) mass is 344 g/mol. The molecule has 1 aliphatic heterocycles. The Morgan fingerprint density at radius 2 is 1.71 bits per heavy atom. The van der Waals surface area contributed by atoms with Crippen LogP contribution in [0.1, 0.15) is 44.1 Å². The summed E-state index contributed by atoms with van der Waals surface area (Å²) in [6, 6.07) is 6.06. The normalized spacial score (nSPS) is 35.1.